The maximum Gasteiger partial charge on any atom is 0.326 e. The fourth-order valence-corrected chi connectivity index (χ4v) is 2.22. The van der Waals surface area contributed by atoms with E-state index >= 15 is 0 Å². The van der Waals surface area contributed by atoms with Crippen molar-refractivity contribution in [2.75, 3.05) is 24.5 Å². The first-order chi connectivity index (χ1) is 8.96. The van der Waals surface area contributed by atoms with Gasteiger partial charge in [0, 0.05) is 25.3 Å². The van der Waals surface area contributed by atoms with Gasteiger partial charge in [0.1, 0.15) is 12.1 Å². The fourth-order valence-electron chi connectivity index (χ4n) is 2.22. The highest BCUT2D eigenvalue weighted by Gasteiger charge is 2.21. The molecule has 0 saturated carbocycles. The highest BCUT2D eigenvalue weighted by Crippen LogP contribution is 2.22. The number of hydrogen-bond acceptors (Lipinski definition) is 4. The Labute approximate surface area is 114 Å². The summed E-state index contributed by atoms with van der Waals surface area (Å²) in [5.41, 5.74) is 1.92. The number of fused-ring (bicyclic) bond motifs is 1. The highest BCUT2D eigenvalue weighted by molar-refractivity contribution is 5.77. The van der Waals surface area contributed by atoms with Crippen LogP contribution in [0.15, 0.2) is 24.3 Å². The van der Waals surface area contributed by atoms with E-state index in [0.29, 0.717) is 6.54 Å². The Balaban J connectivity index is 2.10. The number of carbonyl (C=O) groups is 1. The average molecular weight is 262 g/mol. The zero-order valence-electron chi connectivity index (χ0n) is 11.9. The van der Waals surface area contributed by atoms with Crippen molar-refractivity contribution in [1.29, 1.82) is 0 Å². The molecule has 1 aromatic rings. The van der Waals surface area contributed by atoms with Crippen molar-refractivity contribution in [3.05, 3.63) is 29.8 Å². The van der Waals surface area contributed by atoms with Gasteiger partial charge < -0.3 is 15.0 Å². The van der Waals surface area contributed by atoms with Gasteiger partial charge in [0.05, 0.1) is 0 Å². The number of carbonyl (C=O) groups excluding carboxylic acids is 1. The van der Waals surface area contributed by atoms with Crippen LogP contribution in [0.2, 0.25) is 0 Å². The molecule has 0 radical (unpaired) electrons. The summed E-state index contributed by atoms with van der Waals surface area (Å²) in [6, 6.07) is 8.19. The molecule has 1 aromatic carbocycles. The fraction of sp³-hybridized carbons (Fsp3) is 0.533. The number of benzene rings is 1. The van der Waals surface area contributed by atoms with Gasteiger partial charge in [0.15, 0.2) is 0 Å². The molecule has 1 heterocycles. The minimum absolute atomic E-state index is 0.177. The van der Waals surface area contributed by atoms with Crippen LogP contribution in [0.3, 0.4) is 0 Å². The minimum Gasteiger partial charge on any atom is -0.459 e. The molecule has 0 amide bonds. The molecule has 1 aliphatic rings. The van der Waals surface area contributed by atoms with Crippen molar-refractivity contribution in [1.82, 2.24) is 5.32 Å². The molecule has 0 aromatic heterocycles. The number of hydrogen-bond donors (Lipinski definition) is 1. The van der Waals surface area contributed by atoms with Crippen LogP contribution in [0.25, 0.3) is 0 Å². The third-order valence-electron chi connectivity index (χ3n) is 2.95. The van der Waals surface area contributed by atoms with Crippen molar-refractivity contribution in [3.8, 4) is 0 Å². The molecule has 0 spiro atoms. The van der Waals surface area contributed by atoms with E-state index in [4.69, 9.17) is 4.74 Å². The van der Waals surface area contributed by atoms with E-state index in [1.165, 1.54) is 5.56 Å². The lowest BCUT2D eigenvalue weighted by Crippen LogP contribution is -2.37. The maximum atomic E-state index is 12.0. The molecule has 4 nitrogen and oxygen atoms in total. The van der Waals surface area contributed by atoms with Crippen molar-refractivity contribution in [2.45, 2.75) is 32.9 Å². The Kier molecular flexibility index (Phi) is 4.10. The summed E-state index contributed by atoms with van der Waals surface area (Å²) in [6.45, 7) is 8.51. The molecule has 1 N–H and O–H groups in total. The van der Waals surface area contributed by atoms with E-state index in [-0.39, 0.29) is 5.97 Å². The van der Waals surface area contributed by atoms with Gasteiger partial charge in [-0.25, -0.2) is 0 Å². The first-order valence-electron chi connectivity index (χ1n) is 6.71. The molecule has 0 fully saturated rings. The molecule has 1 aliphatic heterocycles. The number of nitrogens with one attached hydrogen (secondary N) is 1. The zero-order valence-corrected chi connectivity index (χ0v) is 11.9. The van der Waals surface area contributed by atoms with E-state index in [0.717, 1.165) is 25.3 Å². The average Bonchev–Trinajstić information content (AvgIpc) is 2.50. The van der Waals surface area contributed by atoms with E-state index in [1.807, 2.05) is 32.9 Å². The number of ether oxygens (including phenoxy) is 1. The number of para-hydroxylation sites is 1. The SMILES string of the molecule is CC(C)(C)OC(=O)CN1CCNCc2ccccc21. The van der Waals surface area contributed by atoms with Crippen molar-refractivity contribution in [3.63, 3.8) is 0 Å². The smallest absolute Gasteiger partial charge is 0.326 e. The second-order valence-electron chi connectivity index (χ2n) is 5.81. The molecular weight excluding hydrogens is 240 g/mol. The first kappa shape index (κ1) is 13.9. The Bertz CT molecular complexity index is 452. The number of anilines is 1. The van der Waals surface area contributed by atoms with Gasteiger partial charge in [0.25, 0.3) is 0 Å². The van der Waals surface area contributed by atoms with Crippen molar-refractivity contribution < 1.29 is 9.53 Å². The standard InChI is InChI=1S/C15H22N2O2/c1-15(2,3)19-14(18)11-17-9-8-16-10-12-6-4-5-7-13(12)17/h4-7,16H,8-11H2,1-3H3. The number of nitrogens with zero attached hydrogens (tertiary/aromatic N) is 1. The highest BCUT2D eigenvalue weighted by atomic mass is 16.6. The Morgan fingerprint density at radius 2 is 2.11 bits per heavy atom. The van der Waals surface area contributed by atoms with Gasteiger partial charge in [-0.2, -0.15) is 0 Å². The summed E-state index contributed by atoms with van der Waals surface area (Å²) in [5.74, 6) is -0.177. The van der Waals surface area contributed by atoms with Gasteiger partial charge in [-0.15, -0.1) is 0 Å². The van der Waals surface area contributed by atoms with E-state index in [2.05, 4.69) is 22.3 Å². The van der Waals surface area contributed by atoms with Crippen LogP contribution in [-0.4, -0.2) is 31.2 Å². The summed E-state index contributed by atoms with van der Waals surface area (Å²) in [4.78, 5) is 14.1. The van der Waals surface area contributed by atoms with Crippen molar-refractivity contribution >= 4 is 11.7 Å². The van der Waals surface area contributed by atoms with Gasteiger partial charge in [0.2, 0.25) is 0 Å². The largest absolute Gasteiger partial charge is 0.459 e. The molecule has 0 aliphatic carbocycles. The normalized spacial score (nSPS) is 15.6. The molecule has 2 rings (SSSR count). The monoisotopic (exact) mass is 262 g/mol. The molecule has 0 saturated heterocycles. The molecule has 0 atom stereocenters. The lowest BCUT2D eigenvalue weighted by atomic mass is 10.1. The van der Waals surface area contributed by atoms with E-state index in [9.17, 15) is 4.79 Å². The third-order valence-corrected chi connectivity index (χ3v) is 2.95. The predicted molar refractivity (Wildman–Crippen MR) is 76.2 cm³/mol. The number of rotatable bonds is 2. The predicted octanol–water partition coefficient (Wildman–Crippen LogP) is 1.94. The molecule has 0 unspecified atom stereocenters. The maximum absolute atomic E-state index is 12.0. The van der Waals surface area contributed by atoms with Gasteiger partial charge in [-0.1, -0.05) is 18.2 Å². The summed E-state index contributed by atoms with van der Waals surface area (Å²) in [6.07, 6.45) is 0. The topological polar surface area (TPSA) is 41.6 Å². The van der Waals surface area contributed by atoms with Crippen LogP contribution in [-0.2, 0) is 16.1 Å². The lowest BCUT2D eigenvalue weighted by Gasteiger charge is -2.26. The van der Waals surface area contributed by atoms with E-state index < -0.39 is 5.60 Å². The van der Waals surface area contributed by atoms with Gasteiger partial charge in [-0.05, 0) is 32.4 Å². The van der Waals surface area contributed by atoms with Crippen LogP contribution in [0.5, 0.6) is 0 Å². The van der Waals surface area contributed by atoms with Crippen LogP contribution < -0.4 is 10.2 Å². The van der Waals surface area contributed by atoms with Crippen LogP contribution >= 0.6 is 0 Å². The Morgan fingerprint density at radius 3 is 2.84 bits per heavy atom. The zero-order chi connectivity index (χ0) is 13.9. The van der Waals surface area contributed by atoms with Gasteiger partial charge in [-0.3, -0.25) is 4.79 Å². The number of esters is 1. The van der Waals surface area contributed by atoms with Crippen LogP contribution in [0, 0.1) is 0 Å². The molecule has 0 bridgehead atoms. The van der Waals surface area contributed by atoms with Gasteiger partial charge >= 0.3 is 5.97 Å². The second kappa shape index (κ2) is 5.61. The van der Waals surface area contributed by atoms with Crippen molar-refractivity contribution in [2.24, 2.45) is 0 Å². The molecule has 19 heavy (non-hydrogen) atoms. The summed E-state index contributed by atoms with van der Waals surface area (Å²) >= 11 is 0. The summed E-state index contributed by atoms with van der Waals surface area (Å²) in [7, 11) is 0. The summed E-state index contributed by atoms with van der Waals surface area (Å²) in [5, 5.41) is 3.36. The molecule has 4 heteroatoms. The molecular formula is C15H22N2O2. The Morgan fingerprint density at radius 1 is 1.37 bits per heavy atom. The lowest BCUT2D eigenvalue weighted by molar-refractivity contribution is -0.153. The third kappa shape index (κ3) is 3.96. The second-order valence-corrected chi connectivity index (χ2v) is 5.81. The Hall–Kier alpha value is -1.55. The van der Waals surface area contributed by atoms with Crippen LogP contribution in [0.4, 0.5) is 5.69 Å². The quantitative estimate of drug-likeness (QED) is 0.827. The minimum atomic E-state index is -0.430. The van der Waals surface area contributed by atoms with E-state index in [1.54, 1.807) is 0 Å². The van der Waals surface area contributed by atoms with Crippen LogP contribution in [0.1, 0.15) is 26.3 Å². The first-order valence-corrected chi connectivity index (χ1v) is 6.71. The molecule has 104 valence electrons. The summed E-state index contributed by atoms with van der Waals surface area (Å²) < 4.78 is 5.40.